The number of carbonyl (C=O) groups excluding carboxylic acids is 1. The number of nitrogens with zero attached hydrogens (tertiary/aromatic N) is 1. The summed E-state index contributed by atoms with van der Waals surface area (Å²) in [4.78, 5) is 25.1. The summed E-state index contributed by atoms with van der Waals surface area (Å²) in [6.45, 7) is 8.00. The van der Waals surface area contributed by atoms with Gasteiger partial charge in [-0.1, -0.05) is 25.5 Å². The van der Waals surface area contributed by atoms with Crippen LogP contribution < -0.4 is 5.32 Å². The first-order valence-corrected chi connectivity index (χ1v) is 7.10. The van der Waals surface area contributed by atoms with E-state index in [1.807, 2.05) is 13.8 Å². The van der Waals surface area contributed by atoms with Gasteiger partial charge in [0.05, 0.1) is 11.3 Å². The third-order valence-electron chi connectivity index (χ3n) is 3.44. The fraction of sp³-hybridized carbons (Fsp3) is 0.500. The number of hydrogen-bond acceptors (Lipinski definition) is 2. The van der Waals surface area contributed by atoms with Gasteiger partial charge in [0, 0.05) is 13.1 Å². The Labute approximate surface area is 126 Å². The Bertz CT molecular complexity index is 526. The van der Waals surface area contributed by atoms with Gasteiger partial charge in [-0.3, -0.25) is 0 Å². The van der Waals surface area contributed by atoms with Crippen molar-refractivity contribution in [3.05, 3.63) is 29.3 Å². The first kappa shape index (κ1) is 17.0. The molecule has 5 heteroatoms. The predicted octanol–water partition coefficient (Wildman–Crippen LogP) is 3.59. The Balaban J connectivity index is 2.86. The zero-order valence-electron chi connectivity index (χ0n) is 13.3. The molecule has 0 aliphatic carbocycles. The maximum Gasteiger partial charge on any atom is 0.337 e. The number of benzene rings is 1. The molecular formula is C16H24N2O3. The quantitative estimate of drug-likeness (QED) is 0.871. The first-order valence-electron chi connectivity index (χ1n) is 7.10. The Hall–Kier alpha value is -2.04. The highest BCUT2D eigenvalue weighted by Gasteiger charge is 2.19. The Kier molecular flexibility index (Phi) is 5.76. The minimum Gasteiger partial charge on any atom is -0.478 e. The van der Waals surface area contributed by atoms with E-state index in [1.165, 1.54) is 0 Å². The average molecular weight is 292 g/mol. The van der Waals surface area contributed by atoms with E-state index in [-0.39, 0.29) is 17.6 Å². The number of carboxylic acids is 1. The summed E-state index contributed by atoms with van der Waals surface area (Å²) in [5.41, 5.74) is 1.27. The van der Waals surface area contributed by atoms with Crippen LogP contribution in [0.25, 0.3) is 0 Å². The summed E-state index contributed by atoms with van der Waals surface area (Å²) < 4.78 is 0. The van der Waals surface area contributed by atoms with Gasteiger partial charge < -0.3 is 15.3 Å². The number of carboxylic acid groups (broad SMARTS) is 1. The van der Waals surface area contributed by atoms with E-state index in [2.05, 4.69) is 19.2 Å². The fourth-order valence-corrected chi connectivity index (χ4v) is 2.19. The van der Waals surface area contributed by atoms with Gasteiger partial charge in [0.1, 0.15) is 0 Å². The fourth-order valence-electron chi connectivity index (χ4n) is 2.19. The summed E-state index contributed by atoms with van der Waals surface area (Å²) in [7, 11) is 1.72. The molecule has 1 rings (SSSR count). The SMILES string of the molecule is Cc1ccc(NC(=O)N(C)C(C)CC(C)C)c(C(=O)O)c1. The van der Waals surface area contributed by atoms with Crippen LogP contribution in [0, 0.1) is 12.8 Å². The molecule has 116 valence electrons. The van der Waals surface area contributed by atoms with Crippen LogP contribution in [0.2, 0.25) is 0 Å². The van der Waals surface area contributed by atoms with Crippen molar-refractivity contribution in [2.24, 2.45) is 5.92 Å². The van der Waals surface area contributed by atoms with Crippen LogP contribution in [0.1, 0.15) is 43.1 Å². The lowest BCUT2D eigenvalue weighted by atomic mass is 10.0. The molecule has 1 aromatic carbocycles. The molecule has 21 heavy (non-hydrogen) atoms. The molecule has 0 aliphatic rings. The second-order valence-electron chi connectivity index (χ2n) is 5.87. The summed E-state index contributed by atoms with van der Waals surface area (Å²) in [5, 5.41) is 11.9. The number of amides is 2. The number of rotatable bonds is 5. The normalized spacial score (nSPS) is 12.1. The van der Waals surface area contributed by atoms with Crippen LogP contribution >= 0.6 is 0 Å². The zero-order chi connectivity index (χ0) is 16.2. The largest absolute Gasteiger partial charge is 0.478 e. The molecule has 5 nitrogen and oxygen atoms in total. The first-order chi connectivity index (χ1) is 9.72. The third-order valence-corrected chi connectivity index (χ3v) is 3.44. The molecule has 0 spiro atoms. The second kappa shape index (κ2) is 7.11. The van der Waals surface area contributed by atoms with Crippen LogP contribution in [0.5, 0.6) is 0 Å². The number of aryl methyl sites for hydroxylation is 1. The van der Waals surface area contributed by atoms with Gasteiger partial charge in [-0.15, -0.1) is 0 Å². The van der Waals surface area contributed by atoms with E-state index in [9.17, 15) is 14.7 Å². The standard InChI is InChI=1S/C16H24N2O3/c1-10(2)8-12(4)18(5)16(21)17-14-7-6-11(3)9-13(14)15(19)20/h6-7,9-10,12H,8H2,1-5H3,(H,17,21)(H,19,20). The van der Waals surface area contributed by atoms with E-state index >= 15 is 0 Å². The lowest BCUT2D eigenvalue weighted by molar-refractivity contribution is 0.0698. The van der Waals surface area contributed by atoms with Gasteiger partial charge in [-0.2, -0.15) is 0 Å². The average Bonchev–Trinajstić information content (AvgIpc) is 2.38. The molecule has 0 saturated carbocycles. The maximum absolute atomic E-state index is 12.2. The van der Waals surface area contributed by atoms with Crippen molar-refractivity contribution in [2.45, 2.75) is 40.2 Å². The molecule has 1 unspecified atom stereocenters. The lowest BCUT2D eigenvalue weighted by Gasteiger charge is -2.26. The number of hydrogen-bond donors (Lipinski definition) is 2. The van der Waals surface area contributed by atoms with Gasteiger partial charge in [0.15, 0.2) is 0 Å². The maximum atomic E-state index is 12.2. The third kappa shape index (κ3) is 4.77. The van der Waals surface area contributed by atoms with Gasteiger partial charge in [0.2, 0.25) is 0 Å². The van der Waals surface area contributed by atoms with E-state index in [0.29, 0.717) is 11.6 Å². The summed E-state index contributed by atoms with van der Waals surface area (Å²) in [6.07, 6.45) is 0.892. The monoisotopic (exact) mass is 292 g/mol. The van der Waals surface area contributed by atoms with Crippen molar-refractivity contribution in [1.82, 2.24) is 4.90 Å². The topological polar surface area (TPSA) is 69.6 Å². The number of nitrogens with one attached hydrogen (secondary N) is 1. The second-order valence-corrected chi connectivity index (χ2v) is 5.87. The van der Waals surface area contributed by atoms with E-state index in [4.69, 9.17) is 0 Å². The van der Waals surface area contributed by atoms with Gasteiger partial charge in [0.25, 0.3) is 0 Å². The Morgan fingerprint density at radius 3 is 2.43 bits per heavy atom. The highest BCUT2D eigenvalue weighted by molar-refractivity contribution is 6.00. The molecule has 1 aromatic rings. The number of carbonyl (C=O) groups is 2. The van der Waals surface area contributed by atoms with Gasteiger partial charge in [-0.05, 0) is 38.3 Å². The van der Waals surface area contributed by atoms with Crippen LogP contribution in [0.15, 0.2) is 18.2 Å². The molecule has 0 aliphatic heterocycles. The van der Waals surface area contributed by atoms with Crippen molar-refractivity contribution in [3.8, 4) is 0 Å². The van der Waals surface area contributed by atoms with Crippen molar-refractivity contribution in [3.63, 3.8) is 0 Å². The minimum absolute atomic E-state index is 0.0868. The highest BCUT2D eigenvalue weighted by atomic mass is 16.4. The van der Waals surface area contributed by atoms with Crippen LogP contribution in [-0.4, -0.2) is 35.1 Å². The van der Waals surface area contributed by atoms with Crippen molar-refractivity contribution in [2.75, 3.05) is 12.4 Å². The highest BCUT2D eigenvalue weighted by Crippen LogP contribution is 2.19. The number of aromatic carboxylic acids is 1. The molecule has 0 fully saturated rings. The molecule has 0 heterocycles. The molecule has 0 radical (unpaired) electrons. The summed E-state index contributed by atoms with van der Waals surface area (Å²) in [6, 6.07) is 4.74. The molecule has 2 N–H and O–H groups in total. The molecular weight excluding hydrogens is 268 g/mol. The molecule has 0 saturated heterocycles. The Morgan fingerprint density at radius 2 is 1.90 bits per heavy atom. The van der Waals surface area contributed by atoms with Gasteiger partial charge in [-0.25, -0.2) is 9.59 Å². The molecule has 0 bridgehead atoms. The van der Waals surface area contributed by atoms with E-state index < -0.39 is 5.97 Å². The van der Waals surface area contributed by atoms with Crippen molar-refractivity contribution < 1.29 is 14.7 Å². The lowest BCUT2D eigenvalue weighted by Crippen LogP contribution is -2.39. The number of urea groups is 1. The summed E-state index contributed by atoms with van der Waals surface area (Å²) in [5.74, 6) is -0.559. The minimum atomic E-state index is -1.05. The Morgan fingerprint density at radius 1 is 1.29 bits per heavy atom. The smallest absolute Gasteiger partial charge is 0.337 e. The molecule has 1 atom stereocenters. The predicted molar refractivity (Wildman–Crippen MR) is 83.8 cm³/mol. The van der Waals surface area contributed by atoms with Crippen LogP contribution in [-0.2, 0) is 0 Å². The summed E-state index contributed by atoms with van der Waals surface area (Å²) >= 11 is 0. The van der Waals surface area contributed by atoms with E-state index in [1.54, 1.807) is 30.1 Å². The zero-order valence-corrected chi connectivity index (χ0v) is 13.3. The molecule has 2 amide bonds. The van der Waals surface area contributed by atoms with Crippen LogP contribution in [0.3, 0.4) is 0 Å². The van der Waals surface area contributed by atoms with E-state index in [0.717, 1.165) is 12.0 Å². The number of anilines is 1. The van der Waals surface area contributed by atoms with Crippen molar-refractivity contribution in [1.29, 1.82) is 0 Å². The van der Waals surface area contributed by atoms with Gasteiger partial charge >= 0.3 is 12.0 Å². The van der Waals surface area contributed by atoms with Crippen molar-refractivity contribution >= 4 is 17.7 Å². The molecule has 0 aromatic heterocycles. The van der Waals surface area contributed by atoms with Crippen LogP contribution in [0.4, 0.5) is 10.5 Å².